The van der Waals surface area contributed by atoms with Crippen LogP contribution in [0.1, 0.15) is 17.5 Å². The second-order valence-corrected chi connectivity index (χ2v) is 5.66. The fourth-order valence-corrected chi connectivity index (χ4v) is 2.28. The van der Waals surface area contributed by atoms with Crippen molar-refractivity contribution >= 4 is 23.3 Å². The fraction of sp³-hybridized carbons (Fsp3) is 0.235. The number of anilines is 1. The number of hydrogen-bond donors (Lipinski definition) is 3. The maximum absolute atomic E-state index is 12.1. The second-order valence-electron chi connectivity index (χ2n) is 5.66. The normalized spacial score (nSPS) is 11.6. The van der Waals surface area contributed by atoms with Gasteiger partial charge in [-0.1, -0.05) is 12.1 Å². The molecule has 1 atom stereocenters. The van der Waals surface area contributed by atoms with Gasteiger partial charge in [-0.3, -0.25) is 30.0 Å². The van der Waals surface area contributed by atoms with Gasteiger partial charge in [0, 0.05) is 25.0 Å². The molecular formula is C17H18N4O5. The molecule has 0 saturated heterocycles. The van der Waals surface area contributed by atoms with Crippen molar-refractivity contribution in [3.63, 3.8) is 0 Å². The van der Waals surface area contributed by atoms with Crippen molar-refractivity contribution in [1.29, 1.82) is 0 Å². The summed E-state index contributed by atoms with van der Waals surface area (Å²) in [6.45, 7) is 1.92. The highest BCUT2D eigenvalue weighted by Gasteiger charge is 2.23. The Bertz CT molecular complexity index is 810. The maximum Gasteiger partial charge on any atom is 0.321 e. The van der Waals surface area contributed by atoms with Crippen LogP contribution in [0.3, 0.4) is 0 Å². The molecule has 0 bridgehead atoms. The average molecular weight is 358 g/mol. The minimum atomic E-state index is -1.19. The van der Waals surface area contributed by atoms with Crippen molar-refractivity contribution in [2.75, 3.05) is 5.32 Å². The third-order valence-corrected chi connectivity index (χ3v) is 3.59. The third kappa shape index (κ3) is 5.35. The van der Waals surface area contributed by atoms with Gasteiger partial charge in [0.2, 0.25) is 5.91 Å². The summed E-state index contributed by atoms with van der Waals surface area (Å²) < 4.78 is 0. The zero-order chi connectivity index (χ0) is 19.1. The van der Waals surface area contributed by atoms with Gasteiger partial charge < -0.3 is 10.4 Å². The predicted molar refractivity (Wildman–Crippen MR) is 93.6 cm³/mol. The number of carboxylic acid groups (broad SMARTS) is 1. The molecule has 2 aromatic rings. The Morgan fingerprint density at radius 2 is 2.12 bits per heavy atom. The first kappa shape index (κ1) is 19.0. The topological polar surface area (TPSA) is 134 Å². The number of carboxylic acids is 1. The van der Waals surface area contributed by atoms with E-state index < -0.39 is 22.8 Å². The highest BCUT2D eigenvalue weighted by molar-refractivity contribution is 5.95. The van der Waals surface area contributed by atoms with Gasteiger partial charge in [-0.05, 0) is 30.2 Å². The molecule has 1 amide bonds. The third-order valence-electron chi connectivity index (χ3n) is 3.59. The van der Waals surface area contributed by atoms with Crippen LogP contribution in [0.15, 0.2) is 42.7 Å². The van der Waals surface area contributed by atoms with E-state index in [1.165, 1.54) is 12.1 Å². The maximum atomic E-state index is 12.1. The molecule has 0 aliphatic heterocycles. The molecule has 0 aliphatic carbocycles. The molecule has 0 radical (unpaired) electrons. The monoisotopic (exact) mass is 358 g/mol. The number of benzene rings is 1. The number of pyridine rings is 1. The van der Waals surface area contributed by atoms with Gasteiger partial charge in [-0.25, -0.2) is 0 Å². The van der Waals surface area contributed by atoms with Crippen molar-refractivity contribution in [3.8, 4) is 0 Å². The standard InChI is InChI=1S/C17H18N4O5/c1-11-4-5-13(15(7-11)21(25)26)20-16(22)8-14(17(23)24)19-10-12-3-2-6-18-9-12/h2-7,9,14,19H,8,10H2,1H3,(H,20,22)(H,23,24). The SMILES string of the molecule is Cc1ccc(NC(=O)CC(NCc2cccnc2)C(=O)O)c([N+](=O)[O-])c1. The van der Waals surface area contributed by atoms with Crippen molar-refractivity contribution < 1.29 is 19.6 Å². The molecule has 9 heteroatoms. The summed E-state index contributed by atoms with van der Waals surface area (Å²) in [5, 5.41) is 25.5. The van der Waals surface area contributed by atoms with Gasteiger partial charge >= 0.3 is 5.97 Å². The highest BCUT2D eigenvalue weighted by Crippen LogP contribution is 2.25. The lowest BCUT2D eigenvalue weighted by Crippen LogP contribution is -2.39. The van der Waals surface area contributed by atoms with E-state index in [9.17, 15) is 24.8 Å². The Morgan fingerprint density at radius 1 is 1.35 bits per heavy atom. The minimum absolute atomic E-state index is 0.0296. The van der Waals surface area contributed by atoms with Crippen molar-refractivity contribution in [2.24, 2.45) is 0 Å². The van der Waals surface area contributed by atoms with Crippen LogP contribution in [-0.2, 0) is 16.1 Å². The van der Waals surface area contributed by atoms with Crippen LogP contribution in [0.5, 0.6) is 0 Å². The number of nitrogens with one attached hydrogen (secondary N) is 2. The van der Waals surface area contributed by atoms with E-state index in [4.69, 9.17) is 0 Å². The lowest BCUT2D eigenvalue weighted by Gasteiger charge is -2.14. The van der Waals surface area contributed by atoms with Gasteiger partial charge in [0.1, 0.15) is 11.7 Å². The Hall–Kier alpha value is -3.33. The molecule has 26 heavy (non-hydrogen) atoms. The molecule has 0 saturated carbocycles. The summed E-state index contributed by atoms with van der Waals surface area (Å²) in [6.07, 6.45) is 2.81. The quantitative estimate of drug-likeness (QED) is 0.484. The number of nitro benzene ring substituents is 1. The smallest absolute Gasteiger partial charge is 0.321 e. The Balaban J connectivity index is 2.02. The van der Waals surface area contributed by atoms with Crippen molar-refractivity contribution in [1.82, 2.24) is 10.3 Å². The van der Waals surface area contributed by atoms with Gasteiger partial charge in [-0.15, -0.1) is 0 Å². The van der Waals surface area contributed by atoms with Crippen LogP contribution in [0.2, 0.25) is 0 Å². The second kappa shape index (κ2) is 8.67. The van der Waals surface area contributed by atoms with E-state index in [-0.39, 0.29) is 24.3 Å². The van der Waals surface area contributed by atoms with Crippen LogP contribution in [-0.4, -0.2) is 32.9 Å². The number of nitro groups is 1. The van der Waals surface area contributed by atoms with E-state index in [0.717, 1.165) is 5.56 Å². The number of aryl methyl sites for hydroxylation is 1. The summed E-state index contributed by atoms with van der Waals surface area (Å²) in [7, 11) is 0. The molecule has 1 heterocycles. The van der Waals surface area contributed by atoms with Gasteiger partial charge in [-0.2, -0.15) is 0 Å². The zero-order valence-corrected chi connectivity index (χ0v) is 14.0. The number of hydrogen-bond acceptors (Lipinski definition) is 6. The van der Waals surface area contributed by atoms with Crippen LogP contribution < -0.4 is 10.6 Å². The molecule has 3 N–H and O–H groups in total. The minimum Gasteiger partial charge on any atom is -0.480 e. The number of aliphatic carboxylic acids is 1. The van der Waals surface area contributed by atoms with Gasteiger partial charge in [0.25, 0.3) is 5.69 Å². The molecule has 2 rings (SSSR count). The fourth-order valence-electron chi connectivity index (χ4n) is 2.28. The summed E-state index contributed by atoms with van der Waals surface area (Å²) in [6, 6.07) is 6.73. The first-order valence-electron chi connectivity index (χ1n) is 7.77. The molecule has 0 aliphatic rings. The molecule has 0 fully saturated rings. The largest absolute Gasteiger partial charge is 0.480 e. The molecule has 136 valence electrons. The van der Waals surface area contributed by atoms with Gasteiger partial charge in [0.15, 0.2) is 0 Å². The van der Waals surface area contributed by atoms with E-state index in [1.54, 1.807) is 37.5 Å². The number of aromatic nitrogens is 1. The van der Waals surface area contributed by atoms with Crippen LogP contribution in [0.4, 0.5) is 11.4 Å². The van der Waals surface area contributed by atoms with Crippen molar-refractivity contribution in [3.05, 3.63) is 64.0 Å². The number of carbonyl (C=O) groups excluding carboxylic acids is 1. The Kier molecular flexibility index (Phi) is 6.34. The summed E-state index contributed by atoms with van der Waals surface area (Å²) in [5.41, 5.74) is 1.24. The van der Waals surface area contributed by atoms with Crippen LogP contribution in [0, 0.1) is 17.0 Å². The van der Waals surface area contributed by atoms with E-state index in [2.05, 4.69) is 15.6 Å². The molecular weight excluding hydrogens is 340 g/mol. The number of rotatable bonds is 8. The van der Waals surface area contributed by atoms with E-state index >= 15 is 0 Å². The summed E-state index contributed by atoms with van der Waals surface area (Å²) >= 11 is 0. The Labute approximate surface area is 149 Å². The molecule has 0 spiro atoms. The first-order chi connectivity index (χ1) is 12.4. The van der Waals surface area contributed by atoms with E-state index in [1.807, 2.05) is 0 Å². The number of carbonyl (C=O) groups is 2. The van der Waals surface area contributed by atoms with E-state index in [0.29, 0.717) is 5.56 Å². The summed E-state index contributed by atoms with van der Waals surface area (Å²) in [5.74, 6) is -1.83. The van der Waals surface area contributed by atoms with Crippen molar-refractivity contribution in [2.45, 2.75) is 25.9 Å². The predicted octanol–water partition coefficient (Wildman–Crippen LogP) is 1.87. The van der Waals surface area contributed by atoms with Gasteiger partial charge in [0.05, 0.1) is 11.3 Å². The first-order valence-corrected chi connectivity index (χ1v) is 7.77. The summed E-state index contributed by atoms with van der Waals surface area (Å²) in [4.78, 5) is 37.9. The molecule has 1 aromatic carbocycles. The number of nitrogens with zero attached hydrogens (tertiary/aromatic N) is 2. The Morgan fingerprint density at radius 3 is 2.73 bits per heavy atom. The molecule has 1 unspecified atom stereocenters. The van der Waals surface area contributed by atoms with Crippen LogP contribution >= 0.6 is 0 Å². The molecule has 1 aromatic heterocycles. The number of amides is 1. The highest BCUT2D eigenvalue weighted by atomic mass is 16.6. The zero-order valence-electron chi connectivity index (χ0n) is 14.0. The lowest BCUT2D eigenvalue weighted by atomic mass is 10.1. The molecule has 9 nitrogen and oxygen atoms in total. The lowest BCUT2D eigenvalue weighted by molar-refractivity contribution is -0.384. The van der Waals surface area contributed by atoms with Crippen LogP contribution in [0.25, 0.3) is 0 Å². The average Bonchev–Trinajstić information content (AvgIpc) is 2.60.